The van der Waals surface area contributed by atoms with Crippen LogP contribution in [0, 0.1) is 41.1 Å². The monoisotopic (exact) mass is 590 g/mol. The average Bonchev–Trinajstić information content (AvgIpc) is 3.26. The van der Waals surface area contributed by atoms with Crippen molar-refractivity contribution in [1.82, 2.24) is 4.98 Å². The second-order valence-corrected chi connectivity index (χ2v) is 12.6. The molecule has 1 saturated carbocycles. The van der Waals surface area contributed by atoms with Gasteiger partial charge in [0, 0.05) is 29.6 Å². The number of aromatic nitrogens is 1. The van der Waals surface area contributed by atoms with Crippen LogP contribution in [0.1, 0.15) is 49.2 Å². The Labute approximate surface area is 235 Å². The molecule has 210 valence electrons. The number of aliphatic hydroxyl groups is 1. The highest BCUT2D eigenvalue weighted by Gasteiger charge is 2.46. The second kappa shape index (κ2) is 11.6. The average molecular weight is 591 g/mol. The molecule has 2 N–H and O–H groups in total. The highest BCUT2D eigenvalue weighted by Crippen LogP contribution is 2.43. The number of anilines is 1. The van der Waals surface area contributed by atoms with Crippen molar-refractivity contribution in [2.24, 2.45) is 11.8 Å². The first-order valence-electron chi connectivity index (χ1n) is 12.4. The van der Waals surface area contributed by atoms with Crippen LogP contribution in [0.3, 0.4) is 0 Å². The minimum absolute atomic E-state index is 0.0839. The molecule has 0 bridgehead atoms. The van der Waals surface area contributed by atoms with Gasteiger partial charge >= 0.3 is 0 Å². The molecule has 11 heteroatoms. The highest BCUT2D eigenvalue weighted by atomic mass is 35.5. The quantitative estimate of drug-likeness (QED) is 0.280. The Kier molecular flexibility index (Phi) is 8.59. The Morgan fingerprint density at radius 2 is 1.85 bits per heavy atom. The first-order chi connectivity index (χ1) is 18.8. The lowest BCUT2D eigenvalue weighted by atomic mass is 9.90. The SMILES string of the molecule is CC1CC[C@@H](C[C@@](C)(O)C#Cc2ccccn2)C1S(=O)(=O)c1cc(C(=O)Nc2cc(F)c(F)c(F)c2)ccc1Cl. The molecule has 1 aromatic heterocycles. The van der Waals surface area contributed by atoms with Crippen LogP contribution in [0.4, 0.5) is 18.9 Å². The summed E-state index contributed by atoms with van der Waals surface area (Å²) < 4.78 is 68.2. The zero-order valence-corrected chi connectivity index (χ0v) is 23.2. The number of benzene rings is 2. The fourth-order valence-corrected chi connectivity index (χ4v) is 7.94. The molecule has 3 aromatic rings. The molecule has 0 spiro atoms. The molecule has 1 aliphatic rings. The smallest absolute Gasteiger partial charge is 0.255 e. The number of nitrogens with one attached hydrogen (secondary N) is 1. The van der Waals surface area contributed by atoms with Crippen LogP contribution in [0.25, 0.3) is 0 Å². The molecular weight excluding hydrogens is 565 g/mol. The number of rotatable bonds is 6. The van der Waals surface area contributed by atoms with Gasteiger partial charge in [0.05, 0.1) is 15.2 Å². The van der Waals surface area contributed by atoms with Gasteiger partial charge in [-0.1, -0.05) is 30.5 Å². The van der Waals surface area contributed by atoms with E-state index >= 15 is 0 Å². The lowest BCUT2D eigenvalue weighted by Crippen LogP contribution is -2.35. The van der Waals surface area contributed by atoms with Gasteiger partial charge < -0.3 is 10.4 Å². The maximum absolute atomic E-state index is 13.9. The number of pyridine rings is 1. The van der Waals surface area contributed by atoms with Crippen molar-refractivity contribution < 1.29 is 31.5 Å². The number of carbonyl (C=O) groups excluding carboxylic acids is 1. The Balaban J connectivity index is 1.60. The van der Waals surface area contributed by atoms with Gasteiger partial charge in [0.2, 0.25) is 0 Å². The molecule has 2 unspecified atom stereocenters. The molecule has 4 rings (SSSR count). The van der Waals surface area contributed by atoms with Gasteiger partial charge in [0.15, 0.2) is 27.3 Å². The Morgan fingerprint density at radius 1 is 1.15 bits per heavy atom. The third-order valence-corrected chi connectivity index (χ3v) is 9.86. The first-order valence-corrected chi connectivity index (χ1v) is 14.4. The van der Waals surface area contributed by atoms with Crippen LogP contribution >= 0.6 is 11.6 Å². The van der Waals surface area contributed by atoms with Crippen molar-refractivity contribution in [2.75, 3.05) is 5.32 Å². The van der Waals surface area contributed by atoms with Gasteiger partial charge in [-0.15, -0.1) is 0 Å². The molecule has 0 radical (unpaired) electrons. The third-order valence-electron chi connectivity index (χ3n) is 6.90. The van der Waals surface area contributed by atoms with Crippen molar-refractivity contribution in [3.8, 4) is 11.8 Å². The molecule has 6 nitrogen and oxygen atoms in total. The highest BCUT2D eigenvalue weighted by molar-refractivity contribution is 7.92. The van der Waals surface area contributed by atoms with E-state index in [1.165, 1.54) is 19.1 Å². The molecule has 1 heterocycles. The topological polar surface area (TPSA) is 96.4 Å². The minimum Gasteiger partial charge on any atom is -0.378 e. The van der Waals surface area contributed by atoms with Gasteiger partial charge in [-0.3, -0.25) is 4.79 Å². The summed E-state index contributed by atoms with van der Waals surface area (Å²) in [6.45, 7) is 3.33. The molecule has 1 amide bonds. The summed E-state index contributed by atoms with van der Waals surface area (Å²) >= 11 is 6.30. The van der Waals surface area contributed by atoms with E-state index in [0.717, 1.165) is 6.07 Å². The lowest BCUT2D eigenvalue weighted by molar-refractivity contribution is 0.0924. The Bertz CT molecular complexity index is 1580. The number of amides is 1. The van der Waals surface area contributed by atoms with Crippen LogP contribution in [0.2, 0.25) is 5.02 Å². The largest absolute Gasteiger partial charge is 0.378 e. The Morgan fingerprint density at radius 3 is 2.50 bits per heavy atom. The summed E-state index contributed by atoms with van der Waals surface area (Å²) in [7, 11) is -4.11. The van der Waals surface area contributed by atoms with Crippen molar-refractivity contribution >= 4 is 33.0 Å². The molecule has 4 atom stereocenters. The predicted molar refractivity (Wildman–Crippen MR) is 145 cm³/mol. The Hall–Kier alpha value is -3.39. The van der Waals surface area contributed by atoms with Crippen molar-refractivity contribution in [2.45, 2.75) is 48.9 Å². The summed E-state index contributed by atoms with van der Waals surface area (Å²) in [6.07, 6.45) is 2.79. The number of halogens is 4. The predicted octanol–water partition coefficient (Wildman–Crippen LogP) is 5.79. The fraction of sp³-hybridized carbons (Fsp3) is 0.310. The van der Waals surface area contributed by atoms with E-state index in [0.29, 0.717) is 30.7 Å². The standard InChI is InChI=1S/C29H26ClF3N2O4S/c1-17-6-7-19(16-29(2,37)11-10-20-5-3-4-12-34-20)27(17)40(38,39)25-13-18(8-9-22(25)30)28(36)35-21-14-23(31)26(33)24(32)15-21/h3-5,8-9,12-15,17,19,27,37H,6-7,16H2,1-2H3,(H,35,36)/t17?,19-,27?,29-/m0/s1. The molecule has 2 aromatic carbocycles. The van der Waals surface area contributed by atoms with Crippen LogP contribution in [-0.2, 0) is 9.84 Å². The summed E-state index contributed by atoms with van der Waals surface area (Å²) in [6, 6.07) is 10.0. The van der Waals surface area contributed by atoms with E-state index in [1.807, 2.05) is 0 Å². The third kappa shape index (κ3) is 6.49. The van der Waals surface area contributed by atoms with Crippen LogP contribution < -0.4 is 5.32 Å². The molecule has 0 saturated heterocycles. The summed E-state index contributed by atoms with van der Waals surface area (Å²) in [5.41, 5.74) is -1.51. The fourth-order valence-electron chi connectivity index (χ4n) is 5.08. The first kappa shape index (κ1) is 29.6. The van der Waals surface area contributed by atoms with Crippen LogP contribution in [0.5, 0.6) is 0 Å². The van der Waals surface area contributed by atoms with Crippen LogP contribution in [-0.4, -0.2) is 35.3 Å². The van der Waals surface area contributed by atoms with E-state index in [4.69, 9.17) is 11.6 Å². The van der Waals surface area contributed by atoms with Gasteiger partial charge in [-0.05, 0) is 74.3 Å². The summed E-state index contributed by atoms with van der Waals surface area (Å²) in [4.78, 5) is 16.6. The molecule has 1 aliphatic carbocycles. The molecular formula is C29H26ClF3N2O4S. The summed E-state index contributed by atoms with van der Waals surface area (Å²) in [5.74, 6) is -0.643. The van der Waals surface area contributed by atoms with Gasteiger partial charge in [0.1, 0.15) is 11.3 Å². The number of hydrogen-bond acceptors (Lipinski definition) is 5. The second-order valence-electron chi connectivity index (χ2n) is 10.1. The van der Waals surface area contributed by atoms with Gasteiger partial charge in [-0.2, -0.15) is 0 Å². The normalized spacial score (nSPS) is 20.3. The number of nitrogens with zero attached hydrogens (tertiary/aromatic N) is 1. The van der Waals surface area contributed by atoms with E-state index in [2.05, 4.69) is 22.1 Å². The van der Waals surface area contributed by atoms with Crippen molar-refractivity contribution in [3.63, 3.8) is 0 Å². The molecule has 1 fully saturated rings. The van der Waals surface area contributed by atoms with E-state index in [1.54, 1.807) is 31.3 Å². The van der Waals surface area contributed by atoms with E-state index < -0.39 is 50.0 Å². The van der Waals surface area contributed by atoms with Crippen molar-refractivity contribution in [3.05, 3.63) is 88.5 Å². The maximum atomic E-state index is 13.9. The molecule has 40 heavy (non-hydrogen) atoms. The summed E-state index contributed by atoms with van der Waals surface area (Å²) in [5, 5.41) is 12.2. The van der Waals surface area contributed by atoms with Crippen molar-refractivity contribution in [1.29, 1.82) is 0 Å². The van der Waals surface area contributed by atoms with Gasteiger partial charge in [0.25, 0.3) is 5.91 Å². The lowest BCUT2D eigenvalue weighted by Gasteiger charge is -2.28. The van der Waals surface area contributed by atoms with Gasteiger partial charge in [-0.25, -0.2) is 26.6 Å². The number of sulfone groups is 1. The zero-order valence-electron chi connectivity index (χ0n) is 21.6. The van der Waals surface area contributed by atoms with Crippen LogP contribution in [0.15, 0.2) is 59.6 Å². The maximum Gasteiger partial charge on any atom is 0.255 e. The van der Waals surface area contributed by atoms with E-state index in [9.17, 15) is 31.5 Å². The molecule has 0 aliphatic heterocycles. The minimum atomic E-state index is -4.11. The zero-order chi connectivity index (χ0) is 29.2. The number of hydrogen-bond donors (Lipinski definition) is 2. The number of carbonyl (C=O) groups is 1. The van der Waals surface area contributed by atoms with E-state index in [-0.39, 0.29) is 33.5 Å².